The maximum atomic E-state index is 13.1. The summed E-state index contributed by atoms with van der Waals surface area (Å²) in [6, 6.07) is 4.79. The molecule has 0 bridgehead atoms. The normalized spacial score (nSPS) is 18.8. The smallest absolute Gasteiger partial charge is 0.397 e. The van der Waals surface area contributed by atoms with Crippen molar-refractivity contribution in [3.05, 3.63) is 176 Å². The SMILES string of the molecule is C/C=C/C=C/CC/C=C/C(C)C(O)C(C)C(O)/C=C/C=C/C=C/C=C/C=C/C=C/CC(OS(=O)(=O)O)C(C)C(=O)CC(O)CC(O)/C=C/CC(O)CC(O)CC(O)/C=C/CC(O)CC(O)/C=C/CC(O)CC(O)CCCN=C(N)NC(=O)C(N)c1ccc(O)cc1. The van der Waals surface area contributed by atoms with E-state index in [2.05, 4.69) is 16.4 Å². The zero-order chi connectivity index (χ0) is 68.2. The van der Waals surface area contributed by atoms with Gasteiger partial charge in [-0.05, 0) is 88.8 Å². The third-order valence-electron chi connectivity index (χ3n) is 14.2. The molecule has 22 nitrogen and oxygen atoms in total. The van der Waals surface area contributed by atoms with Crippen molar-refractivity contribution in [2.45, 2.75) is 197 Å². The van der Waals surface area contributed by atoms with Crippen LogP contribution in [-0.4, -0.2) is 172 Å². The first-order valence-corrected chi connectivity index (χ1v) is 32.2. The quantitative estimate of drug-likeness (QED) is 0.00941. The zero-order valence-corrected chi connectivity index (χ0v) is 53.7. The van der Waals surface area contributed by atoms with Crippen LogP contribution >= 0.6 is 0 Å². The number of aliphatic hydroxyl groups is 11. The van der Waals surface area contributed by atoms with Crippen LogP contribution in [0.2, 0.25) is 0 Å². The number of phenolic OH excluding ortho intramolecular Hbond substituents is 1. The van der Waals surface area contributed by atoms with E-state index in [0.29, 0.717) is 12.0 Å². The number of unbranched alkanes of at least 4 members (excludes halogenated alkanes) is 1. The number of aliphatic hydroxyl groups excluding tert-OH is 11. The lowest BCUT2D eigenvalue weighted by atomic mass is 9.88. The molecule has 510 valence electrons. The fourth-order valence-electron chi connectivity index (χ4n) is 8.92. The Morgan fingerprint density at radius 3 is 1.62 bits per heavy atom. The van der Waals surface area contributed by atoms with Crippen LogP contribution in [0.3, 0.4) is 0 Å². The number of aromatic hydroxyl groups is 1. The molecule has 0 aliphatic heterocycles. The summed E-state index contributed by atoms with van der Waals surface area (Å²) in [5.74, 6) is -2.89. The Bertz CT molecular complexity index is 2700. The molecule has 1 aromatic rings. The second-order valence-corrected chi connectivity index (χ2v) is 23.6. The van der Waals surface area contributed by atoms with E-state index < -0.39 is 114 Å². The van der Waals surface area contributed by atoms with Gasteiger partial charge in [0.15, 0.2) is 5.96 Å². The van der Waals surface area contributed by atoms with E-state index >= 15 is 0 Å². The second-order valence-electron chi connectivity index (χ2n) is 22.5. The van der Waals surface area contributed by atoms with Crippen LogP contribution in [0.4, 0.5) is 0 Å². The molecule has 0 spiro atoms. The number of nitrogens with zero attached hydrogens (tertiary/aromatic N) is 1. The summed E-state index contributed by atoms with van der Waals surface area (Å²) in [5.41, 5.74) is 12.2. The molecule has 16 unspecified atom stereocenters. The average Bonchev–Trinajstić information content (AvgIpc) is 1.50. The molecule has 18 N–H and O–H groups in total. The fraction of sp³-hybridized carbons (Fsp3) is 0.515. The van der Waals surface area contributed by atoms with Crippen LogP contribution in [-0.2, 0) is 24.2 Å². The number of carbonyl (C=O) groups excluding carboxylic acids is 2. The fourth-order valence-corrected chi connectivity index (χ4v) is 9.47. The minimum Gasteiger partial charge on any atom is -0.508 e. The Morgan fingerprint density at radius 2 is 1.07 bits per heavy atom. The predicted molar refractivity (Wildman–Crippen MR) is 355 cm³/mol. The highest BCUT2D eigenvalue weighted by Gasteiger charge is 2.30. The van der Waals surface area contributed by atoms with Crippen LogP contribution < -0.4 is 16.8 Å². The number of hydrogen-bond donors (Lipinski definition) is 16. The molecule has 16 atom stereocenters. The lowest BCUT2D eigenvalue weighted by Crippen LogP contribution is -2.42. The van der Waals surface area contributed by atoms with Gasteiger partial charge in [0.1, 0.15) is 17.6 Å². The summed E-state index contributed by atoms with van der Waals surface area (Å²) in [6.45, 7) is 7.26. The lowest BCUT2D eigenvalue weighted by molar-refractivity contribution is -0.127. The number of nitrogens with two attached hydrogens (primary N) is 2. The number of aliphatic imine (C=N–C) groups is 1. The van der Waals surface area contributed by atoms with Gasteiger partial charge < -0.3 is 72.7 Å². The number of allylic oxidation sites excluding steroid dienone is 15. The minimum absolute atomic E-state index is 0.00778. The summed E-state index contributed by atoms with van der Waals surface area (Å²) in [6.07, 6.45) is 29.9. The molecule has 0 aliphatic carbocycles. The largest absolute Gasteiger partial charge is 0.508 e. The first kappa shape index (κ1) is 82.9. The van der Waals surface area contributed by atoms with Crippen molar-refractivity contribution >= 4 is 28.0 Å². The topological polar surface area (TPSA) is 417 Å². The number of Topliss-reactive ketones (excluding diaryl/α,β-unsaturated/α-hetero) is 1. The molecule has 0 aliphatic rings. The molecule has 0 radical (unpaired) electrons. The average molecular weight is 1300 g/mol. The van der Waals surface area contributed by atoms with Crippen LogP contribution in [0, 0.1) is 17.8 Å². The molecule has 0 saturated carbocycles. The van der Waals surface area contributed by atoms with Gasteiger partial charge in [0, 0.05) is 50.0 Å². The molecular formula is C68H104N4O18S. The van der Waals surface area contributed by atoms with Crippen LogP contribution in [0.1, 0.15) is 129 Å². The molecule has 1 rings (SSSR count). The molecule has 91 heavy (non-hydrogen) atoms. The lowest BCUT2D eigenvalue weighted by Gasteiger charge is -2.25. The first-order valence-electron chi connectivity index (χ1n) is 30.9. The molecular weight excluding hydrogens is 1190 g/mol. The van der Waals surface area contributed by atoms with Crippen molar-refractivity contribution in [2.24, 2.45) is 34.2 Å². The molecule has 0 aromatic heterocycles. The summed E-state index contributed by atoms with van der Waals surface area (Å²) in [4.78, 5) is 29.5. The number of hydrogen-bond acceptors (Lipinski definition) is 19. The van der Waals surface area contributed by atoms with Crippen LogP contribution in [0.5, 0.6) is 5.75 Å². The van der Waals surface area contributed by atoms with Crippen LogP contribution in [0.15, 0.2) is 175 Å². The second kappa shape index (κ2) is 48.6. The van der Waals surface area contributed by atoms with E-state index in [4.69, 9.17) is 15.7 Å². The Labute approximate surface area is 538 Å². The molecule has 0 saturated heterocycles. The standard InChI is InChI=1S/C68H104N4O18S/c1-5-6-7-8-14-17-20-27-48(2)66(85)50(4)62(83)35-21-18-15-12-10-9-11-13-16-19-22-36-64(90-91(87,88)89)49(3)63(84)47-61(82)46-58(79)33-25-32-57(78)45-60(81)44-56(77)31-24-30-54(75)42-53(74)28-23-29-55(76)43-59(80)34-26-41-71-68(70)72-67(86)65(69)51-37-39-52(73)40-38-51/h5-13,15-16,18-25,27-28,31,33,35,37-40,48-50,53-62,64-66,73-83,85H,14,17,26,29-30,32,34,36,41-47,69H2,1-4H3,(H,87,88,89)(H3,70,71,72,86)/b6-5+,8-7+,11-9+,12-10+,16-13+,18-15+,22-19+,27-20+,28-23+,31-24+,33-25+,35-21+. The van der Waals surface area contributed by atoms with Gasteiger partial charge in [0.2, 0.25) is 5.91 Å². The predicted octanol–water partition coefficient (Wildman–Crippen LogP) is 5.61. The van der Waals surface area contributed by atoms with Gasteiger partial charge in [-0.1, -0.05) is 179 Å². The number of carbonyl (C=O) groups is 2. The van der Waals surface area contributed by atoms with Crippen molar-refractivity contribution < 1.29 is 88.0 Å². The van der Waals surface area contributed by atoms with Gasteiger partial charge in [-0.2, -0.15) is 8.42 Å². The van der Waals surface area contributed by atoms with Crippen molar-refractivity contribution in [1.29, 1.82) is 0 Å². The van der Waals surface area contributed by atoms with Gasteiger partial charge in [0.05, 0.1) is 73.2 Å². The monoisotopic (exact) mass is 1300 g/mol. The maximum Gasteiger partial charge on any atom is 0.397 e. The third-order valence-corrected chi connectivity index (χ3v) is 14.7. The summed E-state index contributed by atoms with van der Waals surface area (Å²) >= 11 is 0. The van der Waals surface area contributed by atoms with Crippen LogP contribution in [0.25, 0.3) is 0 Å². The van der Waals surface area contributed by atoms with Gasteiger partial charge in [-0.3, -0.25) is 24.5 Å². The number of guanidine groups is 1. The molecule has 0 fully saturated rings. The molecule has 1 amide bonds. The Hall–Kier alpha value is -6.10. The first-order chi connectivity index (χ1) is 43.1. The van der Waals surface area contributed by atoms with Gasteiger partial charge >= 0.3 is 10.4 Å². The number of nitrogens with one attached hydrogen (secondary N) is 1. The Morgan fingerprint density at radius 1 is 0.582 bits per heavy atom. The van der Waals surface area contributed by atoms with Crippen molar-refractivity contribution in [3.8, 4) is 5.75 Å². The van der Waals surface area contributed by atoms with Crippen molar-refractivity contribution in [3.63, 3.8) is 0 Å². The molecule has 0 heterocycles. The number of benzene rings is 1. The van der Waals surface area contributed by atoms with E-state index in [-0.39, 0.29) is 94.3 Å². The highest BCUT2D eigenvalue weighted by molar-refractivity contribution is 7.80. The Balaban J connectivity index is 2.43. The van der Waals surface area contributed by atoms with E-state index in [9.17, 15) is 83.8 Å². The summed E-state index contributed by atoms with van der Waals surface area (Å²) < 4.78 is 37.5. The Kier molecular flexibility index (Phi) is 44.3. The van der Waals surface area contributed by atoms with E-state index in [1.807, 2.05) is 44.2 Å². The van der Waals surface area contributed by atoms with Gasteiger partial charge in [-0.25, -0.2) is 4.18 Å². The summed E-state index contributed by atoms with van der Waals surface area (Å²) in [7, 11) is -4.96. The number of ketones is 1. The van der Waals surface area contributed by atoms with Gasteiger partial charge in [-0.15, -0.1) is 0 Å². The van der Waals surface area contributed by atoms with E-state index in [1.54, 1.807) is 79.8 Å². The van der Waals surface area contributed by atoms with E-state index in [0.717, 1.165) is 12.8 Å². The highest BCUT2D eigenvalue weighted by atomic mass is 32.3. The zero-order valence-electron chi connectivity index (χ0n) is 52.9. The minimum atomic E-state index is -4.96. The van der Waals surface area contributed by atoms with Gasteiger partial charge in [0.25, 0.3) is 0 Å². The summed E-state index contributed by atoms with van der Waals surface area (Å²) in [5, 5.41) is 127. The maximum absolute atomic E-state index is 13.1. The third kappa shape index (κ3) is 42.6. The number of amides is 1. The van der Waals surface area contributed by atoms with E-state index in [1.165, 1.54) is 67.6 Å². The van der Waals surface area contributed by atoms with Crippen molar-refractivity contribution in [2.75, 3.05) is 6.54 Å². The molecule has 23 heteroatoms. The number of phenols is 1. The number of rotatable bonds is 47. The highest BCUT2D eigenvalue weighted by Crippen LogP contribution is 2.22. The van der Waals surface area contributed by atoms with Crippen molar-refractivity contribution in [1.82, 2.24) is 5.32 Å². The molecule has 1 aromatic carbocycles.